The van der Waals surface area contributed by atoms with Gasteiger partial charge in [-0.15, -0.1) is 0 Å². The molecule has 2 aromatic rings. The van der Waals surface area contributed by atoms with Crippen LogP contribution < -0.4 is 10.5 Å². The molecule has 0 fully saturated rings. The molecule has 0 aliphatic rings. The van der Waals surface area contributed by atoms with Gasteiger partial charge in [-0.2, -0.15) is 0 Å². The summed E-state index contributed by atoms with van der Waals surface area (Å²) in [5, 5.41) is 11.0. The number of benzene rings is 1. The SMILES string of the molecule is CCn1cncc1COc1ccc(CN)cc1[N+](=O)[O-]. The van der Waals surface area contributed by atoms with E-state index in [1.807, 2.05) is 11.5 Å². The lowest BCUT2D eigenvalue weighted by molar-refractivity contribution is -0.386. The zero-order chi connectivity index (χ0) is 14.5. The molecular weight excluding hydrogens is 260 g/mol. The predicted octanol–water partition coefficient (Wildman–Crippen LogP) is 1.85. The van der Waals surface area contributed by atoms with Crippen LogP contribution in [0.15, 0.2) is 30.7 Å². The van der Waals surface area contributed by atoms with Crippen molar-refractivity contribution in [2.75, 3.05) is 0 Å². The summed E-state index contributed by atoms with van der Waals surface area (Å²) in [7, 11) is 0. The zero-order valence-corrected chi connectivity index (χ0v) is 11.2. The van der Waals surface area contributed by atoms with Crippen LogP contribution in [0.4, 0.5) is 5.69 Å². The fraction of sp³-hybridized carbons (Fsp3) is 0.308. The number of hydrogen-bond acceptors (Lipinski definition) is 5. The van der Waals surface area contributed by atoms with E-state index in [2.05, 4.69) is 4.98 Å². The molecule has 7 nitrogen and oxygen atoms in total. The first-order valence-corrected chi connectivity index (χ1v) is 6.25. The molecule has 0 radical (unpaired) electrons. The van der Waals surface area contributed by atoms with E-state index in [0.717, 1.165) is 12.2 Å². The first-order chi connectivity index (χ1) is 9.65. The van der Waals surface area contributed by atoms with Gasteiger partial charge in [-0.3, -0.25) is 10.1 Å². The van der Waals surface area contributed by atoms with Gasteiger partial charge in [0.05, 0.1) is 23.1 Å². The average molecular weight is 276 g/mol. The number of imidazole rings is 1. The van der Waals surface area contributed by atoms with Crippen molar-refractivity contribution in [1.82, 2.24) is 9.55 Å². The van der Waals surface area contributed by atoms with Crippen LogP contribution in [0.1, 0.15) is 18.2 Å². The Bertz CT molecular complexity index is 609. The van der Waals surface area contributed by atoms with Crippen LogP contribution in [0.2, 0.25) is 0 Å². The molecule has 1 aromatic heterocycles. The van der Waals surface area contributed by atoms with Gasteiger partial charge in [0.2, 0.25) is 0 Å². The van der Waals surface area contributed by atoms with E-state index >= 15 is 0 Å². The Labute approximate surface area is 116 Å². The second-order valence-electron chi connectivity index (χ2n) is 4.22. The van der Waals surface area contributed by atoms with Gasteiger partial charge in [0.25, 0.3) is 0 Å². The van der Waals surface area contributed by atoms with Crippen molar-refractivity contribution in [2.45, 2.75) is 26.6 Å². The average Bonchev–Trinajstić information content (AvgIpc) is 2.92. The monoisotopic (exact) mass is 276 g/mol. The summed E-state index contributed by atoms with van der Waals surface area (Å²) in [4.78, 5) is 14.6. The zero-order valence-electron chi connectivity index (χ0n) is 11.2. The van der Waals surface area contributed by atoms with Crippen molar-refractivity contribution >= 4 is 5.69 Å². The van der Waals surface area contributed by atoms with Gasteiger partial charge in [0.1, 0.15) is 6.61 Å². The summed E-state index contributed by atoms with van der Waals surface area (Å²) in [5.41, 5.74) is 6.97. The summed E-state index contributed by atoms with van der Waals surface area (Å²) in [5.74, 6) is 0.232. The van der Waals surface area contributed by atoms with Crippen LogP contribution in [0.5, 0.6) is 5.75 Å². The molecular formula is C13H16N4O3. The predicted molar refractivity (Wildman–Crippen MR) is 73.2 cm³/mol. The molecule has 0 spiro atoms. The molecule has 0 saturated carbocycles. The summed E-state index contributed by atoms with van der Waals surface area (Å²) in [6.45, 7) is 3.25. The molecule has 1 heterocycles. The standard InChI is InChI=1S/C13H16N4O3/c1-2-16-9-15-7-11(16)8-20-13-4-3-10(6-14)5-12(13)17(18)19/h3-5,7,9H,2,6,8,14H2,1H3. The highest BCUT2D eigenvalue weighted by atomic mass is 16.6. The van der Waals surface area contributed by atoms with Crippen LogP contribution in [0, 0.1) is 10.1 Å². The van der Waals surface area contributed by atoms with Gasteiger partial charge in [-0.25, -0.2) is 4.98 Å². The Balaban J connectivity index is 2.19. The normalized spacial score (nSPS) is 10.5. The lowest BCUT2D eigenvalue weighted by Crippen LogP contribution is -2.05. The van der Waals surface area contributed by atoms with E-state index in [9.17, 15) is 10.1 Å². The lowest BCUT2D eigenvalue weighted by Gasteiger charge is -2.09. The molecule has 7 heteroatoms. The number of nitrogens with two attached hydrogens (primary N) is 1. The number of hydrogen-bond donors (Lipinski definition) is 1. The van der Waals surface area contributed by atoms with Crippen molar-refractivity contribution in [3.8, 4) is 5.75 Å². The smallest absolute Gasteiger partial charge is 0.311 e. The van der Waals surface area contributed by atoms with Crippen LogP contribution in [0.25, 0.3) is 0 Å². The number of nitro groups is 1. The third-order valence-corrected chi connectivity index (χ3v) is 2.97. The highest BCUT2D eigenvalue weighted by Gasteiger charge is 2.16. The molecule has 0 saturated heterocycles. The third-order valence-electron chi connectivity index (χ3n) is 2.97. The fourth-order valence-corrected chi connectivity index (χ4v) is 1.86. The first-order valence-electron chi connectivity index (χ1n) is 6.25. The minimum Gasteiger partial charge on any atom is -0.480 e. The largest absolute Gasteiger partial charge is 0.480 e. The second kappa shape index (κ2) is 6.16. The van der Waals surface area contributed by atoms with Crippen LogP contribution >= 0.6 is 0 Å². The molecule has 0 amide bonds. The van der Waals surface area contributed by atoms with Gasteiger partial charge in [-0.05, 0) is 18.6 Å². The molecule has 20 heavy (non-hydrogen) atoms. The molecule has 0 bridgehead atoms. The fourth-order valence-electron chi connectivity index (χ4n) is 1.86. The van der Waals surface area contributed by atoms with Gasteiger partial charge in [0.15, 0.2) is 5.75 Å². The Morgan fingerprint density at radius 1 is 1.50 bits per heavy atom. The van der Waals surface area contributed by atoms with Crippen molar-refractivity contribution < 1.29 is 9.66 Å². The molecule has 106 valence electrons. The topological polar surface area (TPSA) is 96.2 Å². The highest BCUT2D eigenvalue weighted by Crippen LogP contribution is 2.28. The number of aromatic nitrogens is 2. The van der Waals surface area contributed by atoms with E-state index < -0.39 is 4.92 Å². The Morgan fingerprint density at radius 2 is 2.30 bits per heavy atom. The maximum absolute atomic E-state index is 11.0. The number of ether oxygens (including phenoxy) is 1. The van der Waals surface area contributed by atoms with Crippen LogP contribution in [-0.2, 0) is 19.7 Å². The Morgan fingerprint density at radius 3 is 2.95 bits per heavy atom. The van der Waals surface area contributed by atoms with Crippen molar-refractivity contribution in [3.63, 3.8) is 0 Å². The maximum atomic E-state index is 11.0. The molecule has 0 atom stereocenters. The summed E-state index contributed by atoms with van der Waals surface area (Å²) in [6.07, 6.45) is 3.38. The quantitative estimate of drug-likeness (QED) is 0.641. The summed E-state index contributed by atoms with van der Waals surface area (Å²) >= 11 is 0. The van der Waals surface area contributed by atoms with E-state index in [1.54, 1.807) is 24.7 Å². The van der Waals surface area contributed by atoms with E-state index in [-0.39, 0.29) is 24.6 Å². The van der Waals surface area contributed by atoms with Gasteiger partial charge < -0.3 is 15.0 Å². The van der Waals surface area contributed by atoms with Crippen LogP contribution in [0.3, 0.4) is 0 Å². The Kier molecular flexibility index (Phi) is 4.31. The molecule has 0 unspecified atom stereocenters. The maximum Gasteiger partial charge on any atom is 0.311 e. The molecule has 2 rings (SSSR count). The van der Waals surface area contributed by atoms with E-state index in [1.165, 1.54) is 6.07 Å². The van der Waals surface area contributed by atoms with Gasteiger partial charge in [-0.1, -0.05) is 6.07 Å². The number of aryl methyl sites for hydroxylation is 1. The Hall–Kier alpha value is -2.41. The molecule has 2 N–H and O–H groups in total. The number of rotatable bonds is 6. The number of nitro benzene ring substituents is 1. The van der Waals surface area contributed by atoms with E-state index in [4.69, 9.17) is 10.5 Å². The van der Waals surface area contributed by atoms with Crippen LogP contribution in [-0.4, -0.2) is 14.5 Å². The third kappa shape index (κ3) is 2.94. The van der Waals surface area contributed by atoms with Gasteiger partial charge in [0, 0.05) is 19.2 Å². The van der Waals surface area contributed by atoms with Crippen molar-refractivity contribution in [3.05, 3.63) is 52.1 Å². The summed E-state index contributed by atoms with van der Waals surface area (Å²) < 4.78 is 7.46. The molecule has 0 aliphatic heterocycles. The minimum atomic E-state index is -0.467. The van der Waals surface area contributed by atoms with Crippen molar-refractivity contribution in [1.29, 1.82) is 0 Å². The molecule has 1 aromatic carbocycles. The lowest BCUT2D eigenvalue weighted by atomic mass is 10.2. The number of nitrogens with zero attached hydrogens (tertiary/aromatic N) is 3. The van der Waals surface area contributed by atoms with E-state index in [0.29, 0.717) is 5.56 Å². The second-order valence-corrected chi connectivity index (χ2v) is 4.22. The van der Waals surface area contributed by atoms with Crippen molar-refractivity contribution in [2.24, 2.45) is 5.73 Å². The highest BCUT2D eigenvalue weighted by molar-refractivity contribution is 5.48. The summed E-state index contributed by atoms with van der Waals surface area (Å²) in [6, 6.07) is 4.74. The molecule has 0 aliphatic carbocycles. The minimum absolute atomic E-state index is 0.0736. The first kappa shape index (κ1) is 14.0. The van der Waals surface area contributed by atoms with Gasteiger partial charge >= 0.3 is 5.69 Å².